The number of hydrogen-bond acceptors (Lipinski definition) is 15. The third-order valence-corrected chi connectivity index (χ3v) is 10.1. The van der Waals surface area contributed by atoms with E-state index in [4.69, 9.17) is 18.9 Å². The highest BCUT2D eigenvalue weighted by molar-refractivity contribution is 6.31. The highest BCUT2D eigenvalue weighted by Gasteiger charge is 2.46. The van der Waals surface area contributed by atoms with Crippen LogP contribution in [0.25, 0.3) is 21.9 Å². The third kappa shape index (κ3) is 5.47. The van der Waals surface area contributed by atoms with Gasteiger partial charge in [-0.25, -0.2) is 0 Å². The molecule has 6 atom stereocenters. The summed E-state index contributed by atoms with van der Waals surface area (Å²) >= 11 is 0. The molecule has 0 amide bonds. The summed E-state index contributed by atoms with van der Waals surface area (Å²) < 4.78 is 22.8. The maximum absolute atomic E-state index is 14.1. The summed E-state index contributed by atoms with van der Waals surface area (Å²) in [6.45, 7) is 2.28. The molecule has 1 heterocycles. The fraction of sp³-hybridized carbons (Fsp3) is 0.342. The summed E-state index contributed by atoms with van der Waals surface area (Å²) in [5, 5.41) is 87.2. The van der Waals surface area contributed by atoms with Gasteiger partial charge >= 0.3 is 0 Å². The van der Waals surface area contributed by atoms with Crippen LogP contribution < -0.4 is 14.2 Å². The molecule has 0 bridgehead atoms. The molecule has 53 heavy (non-hydrogen) atoms. The largest absolute Gasteiger partial charge is 0.507 e. The fourth-order valence-corrected chi connectivity index (χ4v) is 7.64. The molecular weight excluding hydrogens is 696 g/mol. The Labute approximate surface area is 300 Å². The average Bonchev–Trinajstić information content (AvgIpc) is 3.09. The Hall–Kier alpha value is -5.29. The van der Waals surface area contributed by atoms with Crippen LogP contribution in [0.3, 0.4) is 0 Å². The minimum Gasteiger partial charge on any atom is -0.507 e. The number of methoxy groups -OCH3 is 2. The Morgan fingerprint density at radius 3 is 2.13 bits per heavy atom. The van der Waals surface area contributed by atoms with Crippen LogP contribution in [-0.4, -0.2) is 115 Å². The first-order valence-corrected chi connectivity index (χ1v) is 16.5. The Morgan fingerprint density at radius 2 is 1.47 bits per heavy atom. The number of carbonyl (C=O) groups is 3. The first-order chi connectivity index (χ1) is 25.0. The zero-order valence-corrected chi connectivity index (χ0v) is 28.8. The van der Waals surface area contributed by atoms with E-state index in [0.29, 0.717) is 5.56 Å². The molecule has 1 fully saturated rings. The maximum Gasteiger partial charge on any atom is 0.229 e. The molecule has 7 rings (SSSR count). The predicted molar refractivity (Wildman–Crippen MR) is 183 cm³/mol. The summed E-state index contributed by atoms with van der Waals surface area (Å²) in [6.07, 6.45) is -9.20. The van der Waals surface area contributed by atoms with Crippen LogP contribution in [0.1, 0.15) is 66.7 Å². The van der Waals surface area contributed by atoms with E-state index in [1.165, 1.54) is 51.5 Å². The van der Waals surface area contributed by atoms with E-state index in [1.807, 2.05) is 0 Å². The summed E-state index contributed by atoms with van der Waals surface area (Å²) in [5.74, 6) is -4.51. The lowest BCUT2D eigenvalue weighted by atomic mass is 9.74. The molecule has 1 aliphatic heterocycles. The number of aliphatic hydroxyl groups excluding tert-OH is 4. The Bertz CT molecular complexity index is 2260. The number of ether oxygens (including phenoxy) is 4. The second kappa shape index (κ2) is 12.7. The van der Waals surface area contributed by atoms with Gasteiger partial charge < -0.3 is 59.8 Å². The van der Waals surface area contributed by atoms with E-state index < -0.39 is 89.5 Å². The van der Waals surface area contributed by atoms with E-state index in [2.05, 4.69) is 0 Å². The topological polar surface area (TPSA) is 250 Å². The lowest BCUT2D eigenvalue weighted by Crippen LogP contribution is -2.60. The first kappa shape index (κ1) is 36.1. The fourth-order valence-electron chi connectivity index (χ4n) is 7.64. The highest BCUT2D eigenvalue weighted by atomic mass is 16.7. The summed E-state index contributed by atoms with van der Waals surface area (Å²) in [5.41, 5.74) is -2.75. The van der Waals surface area contributed by atoms with Crippen molar-refractivity contribution in [1.82, 2.24) is 0 Å². The standard InChI is InChI=1S/C38H36O15/c1-13-5-16-25(19(40)6-13)33(45)28-17(30(16)42)9-21(51-4)29(34(28)46)24-15-7-14(50-3)8-22(52-37-36(48)35(47)31(43)23(12-39)53-37)27(15)32(44)26-18(24)10-38(2,49)11-20(26)41/h5-9,23,31,35-37,39-40,43-44,46-49H,10-12H2,1-4H3/t23-,31-,35+,36-,37-,38+/m1/s1. The number of benzene rings is 4. The normalized spacial score (nSPS) is 25.2. The van der Waals surface area contributed by atoms with Crippen molar-refractivity contribution in [2.45, 2.75) is 63.0 Å². The van der Waals surface area contributed by atoms with Gasteiger partial charge in [0.05, 0.1) is 54.1 Å². The van der Waals surface area contributed by atoms with Gasteiger partial charge in [0.25, 0.3) is 0 Å². The Kier molecular flexibility index (Phi) is 8.64. The van der Waals surface area contributed by atoms with E-state index in [9.17, 15) is 55.2 Å². The molecule has 3 aliphatic rings. The molecule has 278 valence electrons. The zero-order chi connectivity index (χ0) is 38.4. The van der Waals surface area contributed by atoms with E-state index >= 15 is 0 Å². The monoisotopic (exact) mass is 732 g/mol. The van der Waals surface area contributed by atoms with Gasteiger partial charge in [0.15, 0.2) is 11.6 Å². The van der Waals surface area contributed by atoms with Gasteiger partial charge in [-0.3, -0.25) is 14.4 Å². The van der Waals surface area contributed by atoms with Gasteiger partial charge in [0.2, 0.25) is 12.1 Å². The predicted octanol–water partition coefficient (Wildman–Crippen LogP) is 1.78. The Morgan fingerprint density at radius 1 is 0.774 bits per heavy atom. The molecule has 2 aliphatic carbocycles. The summed E-state index contributed by atoms with van der Waals surface area (Å²) in [6, 6.07) is 6.67. The molecule has 0 radical (unpaired) electrons. The van der Waals surface area contributed by atoms with Crippen molar-refractivity contribution in [2.24, 2.45) is 0 Å². The quantitative estimate of drug-likeness (QED) is 0.124. The molecule has 15 heteroatoms. The molecule has 0 unspecified atom stereocenters. The average molecular weight is 733 g/mol. The SMILES string of the molecule is COc1cc(O[C@@H]2O[C@H](CO)[C@@H](O)[C@H](O)[C@H]2O)c2c(O)c3c(c(-c4c(OC)cc5c(c4O)C(=O)c4c(O)cc(C)cc4C5=O)c2c1)C[C@](C)(O)CC3=O. The summed E-state index contributed by atoms with van der Waals surface area (Å²) in [4.78, 5) is 41.7. The molecule has 0 saturated carbocycles. The molecule has 0 spiro atoms. The zero-order valence-electron chi connectivity index (χ0n) is 28.8. The molecule has 1 saturated heterocycles. The lowest BCUT2D eigenvalue weighted by Gasteiger charge is -2.39. The molecule has 8 N–H and O–H groups in total. The Balaban J connectivity index is 1.57. The van der Waals surface area contributed by atoms with E-state index in [-0.39, 0.29) is 73.4 Å². The van der Waals surface area contributed by atoms with Crippen LogP contribution >= 0.6 is 0 Å². The number of Topliss-reactive ketones (excluding diaryl/α,β-unsaturated/α-hetero) is 1. The lowest BCUT2D eigenvalue weighted by molar-refractivity contribution is -0.277. The minimum atomic E-state index is -1.87. The molecule has 4 aromatic carbocycles. The van der Waals surface area contributed by atoms with Crippen molar-refractivity contribution in [3.8, 4) is 45.6 Å². The number of fused-ring (bicyclic) bond motifs is 4. The van der Waals surface area contributed by atoms with E-state index in [0.717, 1.165) is 0 Å². The molecular formula is C38H36O15. The van der Waals surface area contributed by atoms with E-state index in [1.54, 1.807) is 6.92 Å². The van der Waals surface area contributed by atoms with Crippen LogP contribution in [0, 0.1) is 6.92 Å². The van der Waals surface area contributed by atoms with Crippen LogP contribution in [0.2, 0.25) is 0 Å². The van der Waals surface area contributed by atoms with Crippen molar-refractivity contribution in [2.75, 3.05) is 20.8 Å². The van der Waals surface area contributed by atoms with Crippen LogP contribution in [0.15, 0.2) is 30.3 Å². The smallest absolute Gasteiger partial charge is 0.229 e. The number of carbonyl (C=O) groups excluding carboxylic acids is 3. The number of hydrogen-bond donors (Lipinski definition) is 8. The molecule has 15 nitrogen and oxygen atoms in total. The van der Waals surface area contributed by atoms with Crippen molar-refractivity contribution in [3.63, 3.8) is 0 Å². The summed E-state index contributed by atoms with van der Waals surface area (Å²) in [7, 11) is 2.55. The first-order valence-electron chi connectivity index (χ1n) is 16.5. The van der Waals surface area contributed by atoms with Gasteiger partial charge in [-0.1, -0.05) is 0 Å². The van der Waals surface area contributed by atoms with Gasteiger partial charge in [-0.15, -0.1) is 0 Å². The highest BCUT2D eigenvalue weighted by Crippen LogP contribution is 2.55. The van der Waals surface area contributed by atoms with Crippen LogP contribution in [0.4, 0.5) is 0 Å². The van der Waals surface area contributed by atoms with Gasteiger partial charge in [0.1, 0.15) is 58.9 Å². The van der Waals surface area contributed by atoms with Gasteiger partial charge in [-0.2, -0.15) is 0 Å². The number of phenolic OH excluding ortho intramolecular Hbond substituents is 3. The number of aromatic hydroxyl groups is 3. The van der Waals surface area contributed by atoms with Crippen LogP contribution in [-0.2, 0) is 11.2 Å². The van der Waals surface area contributed by atoms with Gasteiger partial charge in [-0.05, 0) is 49.2 Å². The van der Waals surface area contributed by atoms with Crippen LogP contribution in [0.5, 0.6) is 34.5 Å². The number of phenols is 3. The molecule has 4 aromatic rings. The number of aliphatic hydroxyl groups is 5. The maximum atomic E-state index is 14.1. The minimum absolute atomic E-state index is 0.00713. The number of ketones is 3. The van der Waals surface area contributed by atoms with Crippen molar-refractivity contribution in [1.29, 1.82) is 0 Å². The van der Waals surface area contributed by atoms with Crippen molar-refractivity contribution >= 4 is 28.1 Å². The number of rotatable bonds is 6. The third-order valence-electron chi connectivity index (χ3n) is 10.1. The molecule has 0 aromatic heterocycles. The second-order valence-electron chi connectivity index (χ2n) is 13.8. The van der Waals surface area contributed by atoms with Crippen molar-refractivity contribution in [3.05, 3.63) is 69.3 Å². The van der Waals surface area contributed by atoms with Gasteiger partial charge in [0, 0.05) is 41.0 Å². The second-order valence-corrected chi connectivity index (χ2v) is 13.8. The van der Waals surface area contributed by atoms with Crippen molar-refractivity contribution < 1.29 is 74.2 Å². The number of aryl methyl sites for hydroxylation is 1.